The number of nitrogens with one attached hydrogen (secondary N) is 1. The van der Waals surface area contributed by atoms with Crippen LogP contribution in [0.1, 0.15) is 10.6 Å². The maximum Gasteiger partial charge on any atom is 0.0906 e. The summed E-state index contributed by atoms with van der Waals surface area (Å²) in [5.41, 5.74) is 1.06. The van der Waals surface area contributed by atoms with E-state index >= 15 is 0 Å². The summed E-state index contributed by atoms with van der Waals surface area (Å²) in [6.07, 6.45) is 1.94. The van der Waals surface area contributed by atoms with Crippen molar-refractivity contribution in [1.82, 2.24) is 20.3 Å². The first-order chi connectivity index (χ1) is 8.42. The van der Waals surface area contributed by atoms with Gasteiger partial charge in [-0.2, -0.15) is 0 Å². The number of aromatic nitrogens is 3. The van der Waals surface area contributed by atoms with E-state index in [1.807, 2.05) is 4.68 Å². The van der Waals surface area contributed by atoms with Crippen molar-refractivity contribution in [2.45, 2.75) is 25.8 Å². The summed E-state index contributed by atoms with van der Waals surface area (Å²) in [6.45, 7) is 3.14. The molecule has 17 heavy (non-hydrogen) atoms. The number of fused-ring (bicyclic) bond motifs is 1. The van der Waals surface area contributed by atoms with Crippen LogP contribution in [0.3, 0.4) is 0 Å². The number of nitrogens with zero attached hydrogens (tertiary/aromatic N) is 3. The average Bonchev–Trinajstić information content (AvgIpc) is 2.98. The number of thiophene rings is 1. The molecular formula is C11H14N4OS. The van der Waals surface area contributed by atoms with E-state index in [0.717, 1.165) is 25.3 Å². The van der Waals surface area contributed by atoms with Crippen LogP contribution < -0.4 is 5.32 Å². The third-order valence-electron chi connectivity index (χ3n) is 2.79. The molecule has 2 aromatic heterocycles. The lowest BCUT2D eigenvalue weighted by Crippen LogP contribution is -2.36. The first-order valence-corrected chi connectivity index (χ1v) is 6.52. The molecule has 5 nitrogen and oxygen atoms in total. The Morgan fingerprint density at radius 2 is 2.59 bits per heavy atom. The number of rotatable bonds is 4. The minimum absolute atomic E-state index is 0.184. The van der Waals surface area contributed by atoms with Crippen LogP contribution in [-0.4, -0.2) is 27.6 Å². The number of ether oxygens (including phenoxy) is 1. The SMILES string of the molecule is c1csc(CNCC2Cn3nncc3CO2)c1. The van der Waals surface area contributed by atoms with Gasteiger partial charge in [0.25, 0.3) is 0 Å². The lowest BCUT2D eigenvalue weighted by Gasteiger charge is -2.23. The van der Waals surface area contributed by atoms with Crippen LogP contribution in [0.15, 0.2) is 23.7 Å². The fraction of sp³-hybridized carbons (Fsp3) is 0.455. The van der Waals surface area contributed by atoms with E-state index < -0.39 is 0 Å². The van der Waals surface area contributed by atoms with Crippen LogP contribution >= 0.6 is 11.3 Å². The lowest BCUT2D eigenvalue weighted by molar-refractivity contribution is 0.00101. The van der Waals surface area contributed by atoms with Crippen LogP contribution in [0.4, 0.5) is 0 Å². The van der Waals surface area contributed by atoms with E-state index in [0.29, 0.717) is 6.61 Å². The van der Waals surface area contributed by atoms with Gasteiger partial charge in [0.05, 0.1) is 31.1 Å². The highest BCUT2D eigenvalue weighted by molar-refractivity contribution is 7.09. The van der Waals surface area contributed by atoms with E-state index in [1.165, 1.54) is 4.88 Å². The van der Waals surface area contributed by atoms with Gasteiger partial charge in [-0.15, -0.1) is 16.4 Å². The zero-order chi connectivity index (χ0) is 11.5. The van der Waals surface area contributed by atoms with Crippen LogP contribution in [0, 0.1) is 0 Å². The number of hydrogen-bond donors (Lipinski definition) is 1. The first kappa shape index (κ1) is 10.9. The fourth-order valence-corrected chi connectivity index (χ4v) is 2.56. The van der Waals surface area contributed by atoms with Crippen molar-refractivity contribution in [2.24, 2.45) is 0 Å². The smallest absolute Gasteiger partial charge is 0.0906 e. The molecular weight excluding hydrogens is 236 g/mol. The highest BCUT2D eigenvalue weighted by Crippen LogP contribution is 2.11. The summed E-state index contributed by atoms with van der Waals surface area (Å²) in [4.78, 5) is 1.35. The Morgan fingerprint density at radius 1 is 1.59 bits per heavy atom. The Labute approximate surface area is 103 Å². The summed E-state index contributed by atoms with van der Waals surface area (Å²) in [6, 6.07) is 4.20. The zero-order valence-corrected chi connectivity index (χ0v) is 10.2. The van der Waals surface area contributed by atoms with Crippen molar-refractivity contribution in [3.63, 3.8) is 0 Å². The van der Waals surface area contributed by atoms with Gasteiger partial charge in [-0.1, -0.05) is 11.3 Å². The Bertz CT molecular complexity index is 468. The largest absolute Gasteiger partial charge is 0.369 e. The molecule has 3 heterocycles. The predicted octanol–water partition coefficient (Wildman–Crippen LogP) is 1.03. The summed E-state index contributed by atoms with van der Waals surface area (Å²) >= 11 is 1.77. The van der Waals surface area contributed by atoms with Crippen LogP contribution in [0.25, 0.3) is 0 Å². The predicted molar refractivity (Wildman–Crippen MR) is 64.6 cm³/mol. The molecule has 0 saturated carbocycles. The molecule has 90 valence electrons. The van der Waals surface area contributed by atoms with Crippen molar-refractivity contribution in [1.29, 1.82) is 0 Å². The minimum Gasteiger partial charge on any atom is -0.369 e. The van der Waals surface area contributed by atoms with Gasteiger partial charge in [0, 0.05) is 18.0 Å². The second kappa shape index (κ2) is 4.95. The highest BCUT2D eigenvalue weighted by Gasteiger charge is 2.19. The zero-order valence-electron chi connectivity index (χ0n) is 9.37. The molecule has 0 spiro atoms. The Morgan fingerprint density at radius 3 is 3.47 bits per heavy atom. The average molecular weight is 250 g/mol. The summed E-state index contributed by atoms with van der Waals surface area (Å²) in [5.74, 6) is 0. The Balaban J connectivity index is 1.48. The molecule has 0 fully saturated rings. The third kappa shape index (κ3) is 2.54. The molecule has 0 saturated heterocycles. The van der Waals surface area contributed by atoms with Gasteiger partial charge < -0.3 is 10.1 Å². The highest BCUT2D eigenvalue weighted by atomic mass is 32.1. The second-order valence-electron chi connectivity index (χ2n) is 4.05. The van der Waals surface area contributed by atoms with E-state index in [4.69, 9.17) is 4.74 Å². The van der Waals surface area contributed by atoms with Crippen LogP contribution in [0.2, 0.25) is 0 Å². The molecule has 2 aromatic rings. The second-order valence-corrected chi connectivity index (χ2v) is 5.08. The first-order valence-electron chi connectivity index (χ1n) is 5.64. The monoisotopic (exact) mass is 250 g/mol. The van der Waals surface area contributed by atoms with Gasteiger partial charge in [0.1, 0.15) is 0 Å². The lowest BCUT2D eigenvalue weighted by atomic mass is 10.3. The van der Waals surface area contributed by atoms with Crippen LogP contribution in [-0.2, 0) is 24.4 Å². The maximum absolute atomic E-state index is 5.72. The van der Waals surface area contributed by atoms with Gasteiger partial charge in [0.15, 0.2) is 0 Å². The van der Waals surface area contributed by atoms with E-state index in [1.54, 1.807) is 17.5 Å². The minimum atomic E-state index is 0.184. The molecule has 0 bridgehead atoms. The summed E-state index contributed by atoms with van der Waals surface area (Å²) < 4.78 is 7.64. The Kier molecular flexibility index (Phi) is 3.17. The summed E-state index contributed by atoms with van der Waals surface area (Å²) in [5, 5.41) is 13.4. The molecule has 1 atom stereocenters. The Hall–Kier alpha value is -1.24. The fourth-order valence-electron chi connectivity index (χ4n) is 1.89. The molecule has 0 radical (unpaired) electrons. The molecule has 1 unspecified atom stereocenters. The van der Waals surface area contributed by atoms with Crippen molar-refractivity contribution < 1.29 is 4.74 Å². The normalized spacial score (nSPS) is 19.2. The van der Waals surface area contributed by atoms with Gasteiger partial charge >= 0.3 is 0 Å². The van der Waals surface area contributed by atoms with Gasteiger partial charge in [0.2, 0.25) is 0 Å². The van der Waals surface area contributed by atoms with Crippen molar-refractivity contribution in [2.75, 3.05) is 6.54 Å². The molecule has 0 aliphatic carbocycles. The standard InChI is InChI=1S/C11H14N4OS/c1-2-11(17-3-1)6-12-5-10-7-15-9(8-16-10)4-13-14-15/h1-4,10,12H,5-8H2. The van der Waals surface area contributed by atoms with Crippen LogP contribution in [0.5, 0.6) is 0 Å². The molecule has 1 aliphatic heterocycles. The van der Waals surface area contributed by atoms with Gasteiger partial charge in [-0.3, -0.25) is 0 Å². The van der Waals surface area contributed by atoms with E-state index in [9.17, 15) is 0 Å². The topological polar surface area (TPSA) is 52.0 Å². The maximum atomic E-state index is 5.72. The third-order valence-corrected chi connectivity index (χ3v) is 3.67. The van der Waals surface area contributed by atoms with Gasteiger partial charge in [-0.25, -0.2) is 4.68 Å². The van der Waals surface area contributed by atoms with E-state index in [2.05, 4.69) is 33.1 Å². The van der Waals surface area contributed by atoms with Gasteiger partial charge in [-0.05, 0) is 11.4 Å². The molecule has 1 aliphatic rings. The quantitative estimate of drug-likeness (QED) is 0.880. The van der Waals surface area contributed by atoms with Crippen molar-refractivity contribution >= 4 is 11.3 Å². The molecule has 0 aromatic carbocycles. The number of hydrogen-bond acceptors (Lipinski definition) is 5. The summed E-state index contributed by atoms with van der Waals surface area (Å²) in [7, 11) is 0. The molecule has 6 heteroatoms. The molecule has 0 amide bonds. The molecule has 3 rings (SSSR count). The molecule has 1 N–H and O–H groups in total. The van der Waals surface area contributed by atoms with E-state index in [-0.39, 0.29) is 6.10 Å². The van der Waals surface area contributed by atoms with Crippen molar-refractivity contribution in [3.05, 3.63) is 34.3 Å². The van der Waals surface area contributed by atoms with Crippen molar-refractivity contribution in [3.8, 4) is 0 Å².